The molecule has 0 aliphatic carbocycles. The summed E-state index contributed by atoms with van der Waals surface area (Å²) in [4.78, 5) is 56.2. The van der Waals surface area contributed by atoms with Gasteiger partial charge in [-0.3, -0.25) is 19.2 Å². The predicted molar refractivity (Wildman–Crippen MR) is 191 cm³/mol. The number of hydrogen-bond donors (Lipinski definition) is 3. The van der Waals surface area contributed by atoms with Gasteiger partial charge >= 0.3 is 0 Å². The molecule has 0 radical (unpaired) electrons. The third-order valence-corrected chi connectivity index (χ3v) is 9.52. The highest BCUT2D eigenvalue weighted by atomic mass is 16.5. The Morgan fingerprint density at radius 1 is 0.920 bits per heavy atom. The Balaban J connectivity index is 1.30. The summed E-state index contributed by atoms with van der Waals surface area (Å²) in [6.45, 7) is 4.57. The monoisotopic (exact) mass is 682 g/mol. The number of hydrogen-bond acceptors (Lipinski definition) is 6. The topological polar surface area (TPSA) is 126 Å². The van der Waals surface area contributed by atoms with Gasteiger partial charge in [0.2, 0.25) is 23.6 Å². The molecule has 10 nitrogen and oxygen atoms in total. The number of piperidine rings is 1. The fraction of sp³-hybridized carbons (Fsp3) is 0.450. The third kappa shape index (κ3) is 11.4. The quantitative estimate of drug-likeness (QED) is 0.275. The van der Waals surface area contributed by atoms with Crippen molar-refractivity contribution in [1.29, 1.82) is 0 Å². The molecule has 1 unspecified atom stereocenters. The minimum atomic E-state index is -1.15. The summed E-state index contributed by atoms with van der Waals surface area (Å²) in [6, 6.07) is 23.5. The van der Waals surface area contributed by atoms with Crippen molar-refractivity contribution in [3.05, 3.63) is 101 Å². The smallest absolute Gasteiger partial charge is 0.243 e. The molecule has 266 valence electrons. The van der Waals surface area contributed by atoms with Gasteiger partial charge in [-0.1, -0.05) is 66.7 Å². The molecule has 0 spiro atoms. The highest BCUT2D eigenvalue weighted by Gasteiger charge is 2.32. The molecule has 50 heavy (non-hydrogen) atoms. The van der Waals surface area contributed by atoms with Crippen molar-refractivity contribution in [3.8, 4) is 5.75 Å². The first-order chi connectivity index (χ1) is 24.3. The molecule has 2 aliphatic rings. The van der Waals surface area contributed by atoms with Gasteiger partial charge in [0.25, 0.3) is 0 Å². The maximum atomic E-state index is 13.9. The lowest BCUT2D eigenvalue weighted by molar-refractivity contribution is -0.138. The summed E-state index contributed by atoms with van der Waals surface area (Å²) in [5.74, 6) is -0.500. The first kappa shape index (κ1) is 36.6. The van der Waals surface area contributed by atoms with Crippen LogP contribution in [0.15, 0.2) is 78.9 Å². The van der Waals surface area contributed by atoms with E-state index in [0.717, 1.165) is 53.7 Å². The lowest BCUT2D eigenvalue weighted by atomic mass is 9.94. The Labute approximate surface area is 295 Å². The SMILES string of the molecule is Cc1ccc2cc1CNC(=O)[C@H](CCc1ccccc1)NC(=O)[C@@H](NC(=O)CCOCCc1ccccc1)CC(=O)N1CCCC(CCO2)C1. The Kier molecular flexibility index (Phi) is 13.8. The second kappa shape index (κ2) is 18.9. The zero-order valence-corrected chi connectivity index (χ0v) is 29.0. The number of nitrogens with one attached hydrogen (secondary N) is 3. The molecule has 4 amide bonds. The largest absolute Gasteiger partial charge is 0.494 e. The number of amides is 4. The van der Waals surface area contributed by atoms with Crippen LogP contribution in [0.2, 0.25) is 0 Å². The Morgan fingerprint density at radius 2 is 1.66 bits per heavy atom. The number of nitrogens with zero attached hydrogens (tertiary/aromatic N) is 1. The van der Waals surface area contributed by atoms with E-state index >= 15 is 0 Å². The second-order valence-electron chi connectivity index (χ2n) is 13.3. The number of fused-ring (bicyclic) bond motifs is 4. The van der Waals surface area contributed by atoms with E-state index < -0.39 is 23.9 Å². The lowest BCUT2D eigenvalue weighted by Gasteiger charge is -2.34. The lowest BCUT2D eigenvalue weighted by Crippen LogP contribution is -2.55. The Morgan fingerprint density at radius 3 is 2.42 bits per heavy atom. The summed E-state index contributed by atoms with van der Waals surface area (Å²) in [6.07, 6.45) is 4.08. The molecule has 2 aliphatic heterocycles. The summed E-state index contributed by atoms with van der Waals surface area (Å²) in [7, 11) is 0. The maximum Gasteiger partial charge on any atom is 0.243 e. The van der Waals surface area contributed by atoms with Crippen LogP contribution in [0, 0.1) is 12.8 Å². The Hall–Kier alpha value is -4.70. The third-order valence-electron chi connectivity index (χ3n) is 9.52. The molecule has 3 atom stereocenters. The van der Waals surface area contributed by atoms with Crippen molar-refractivity contribution in [2.45, 2.75) is 76.9 Å². The van der Waals surface area contributed by atoms with Gasteiger partial charge < -0.3 is 30.3 Å². The molecular weight excluding hydrogens is 632 g/mol. The summed E-state index contributed by atoms with van der Waals surface area (Å²) in [5, 5.41) is 8.69. The van der Waals surface area contributed by atoms with E-state index in [1.807, 2.05) is 85.8 Å². The Bertz CT molecular complexity index is 1570. The van der Waals surface area contributed by atoms with Crippen LogP contribution in [0.25, 0.3) is 0 Å². The van der Waals surface area contributed by atoms with Crippen molar-refractivity contribution in [1.82, 2.24) is 20.9 Å². The number of benzene rings is 3. The highest BCUT2D eigenvalue weighted by molar-refractivity contribution is 5.95. The first-order valence-corrected chi connectivity index (χ1v) is 17.9. The predicted octanol–water partition coefficient (Wildman–Crippen LogP) is 4.27. The van der Waals surface area contributed by atoms with Crippen molar-refractivity contribution in [2.24, 2.45) is 5.92 Å². The van der Waals surface area contributed by atoms with Crippen molar-refractivity contribution >= 4 is 23.6 Å². The molecule has 4 bridgehead atoms. The van der Waals surface area contributed by atoms with Crippen LogP contribution < -0.4 is 20.7 Å². The zero-order chi connectivity index (χ0) is 35.1. The molecule has 2 heterocycles. The number of carbonyl (C=O) groups excluding carboxylic acids is 4. The van der Waals surface area contributed by atoms with E-state index in [0.29, 0.717) is 39.1 Å². The van der Waals surface area contributed by atoms with Gasteiger partial charge in [0.15, 0.2) is 0 Å². The van der Waals surface area contributed by atoms with E-state index in [1.165, 1.54) is 0 Å². The molecule has 0 aromatic heterocycles. The molecule has 3 aromatic carbocycles. The van der Waals surface area contributed by atoms with Gasteiger partial charge in [0, 0.05) is 26.1 Å². The van der Waals surface area contributed by atoms with E-state index in [2.05, 4.69) is 16.0 Å². The first-order valence-electron chi connectivity index (χ1n) is 17.9. The number of ether oxygens (including phenoxy) is 2. The highest BCUT2D eigenvalue weighted by Crippen LogP contribution is 2.23. The van der Waals surface area contributed by atoms with Crippen molar-refractivity contribution in [2.75, 3.05) is 32.9 Å². The molecule has 0 saturated carbocycles. The molecule has 10 heteroatoms. The minimum Gasteiger partial charge on any atom is -0.494 e. The number of rotatable bonds is 10. The van der Waals surface area contributed by atoms with Crippen LogP contribution in [0.5, 0.6) is 5.75 Å². The fourth-order valence-electron chi connectivity index (χ4n) is 6.48. The van der Waals surface area contributed by atoms with E-state index in [9.17, 15) is 19.2 Å². The summed E-state index contributed by atoms with van der Waals surface area (Å²) >= 11 is 0. The second-order valence-corrected chi connectivity index (χ2v) is 13.3. The van der Waals surface area contributed by atoms with Gasteiger partial charge in [-0.25, -0.2) is 0 Å². The van der Waals surface area contributed by atoms with E-state index in [-0.39, 0.29) is 43.7 Å². The van der Waals surface area contributed by atoms with Gasteiger partial charge in [0.05, 0.1) is 26.2 Å². The molecule has 1 fully saturated rings. The maximum absolute atomic E-state index is 13.9. The summed E-state index contributed by atoms with van der Waals surface area (Å²) < 4.78 is 11.8. The summed E-state index contributed by atoms with van der Waals surface area (Å²) in [5.41, 5.74) is 4.12. The number of carbonyl (C=O) groups is 4. The standard InChI is InChI=1S/C40H50N4O6/c1-29-14-16-34-25-33(29)27-41-39(47)35(17-15-30-9-4-2-5-10-30)43-40(48)36(26-38(46)44-21-8-13-32(28-44)19-24-50-34)42-37(45)20-23-49-22-18-31-11-6-3-7-12-31/h2-7,9-12,14,16,25,32,35-36H,8,13,15,17-24,26-28H2,1H3,(H,41,47)(H,42,45)(H,43,48)/t32?,35-,36-/m0/s1. The van der Waals surface area contributed by atoms with Crippen molar-refractivity contribution < 1.29 is 28.7 Å². The van der Waals surface area contributed by atoms with Gasteiger partial charge in [-0.05, 0) is 85.8 Å². The zero-order valence-electron chi connectivity index (χ0n) is 29.0. The van der Waals surface area contributed by atoms with Crippen LogP contribution >= 0.6 is 0 Å². The van der Waals surface area contributed by atoms with E-state index in [1.54, 1.807) is 4.90 Å². The average Bonchev–Trinajstić information content (AvgIpc) is 3.13. The molecular formula is C40H50N4O6. The molecule has 3 N–H and O–H groups in total. The van der Waals surface area contributed by atoms with Crippen molar-refractivity contribution in [3.63, 3.8) is 0 Å². The van der Waals surface area contributed by atoms with Gasteiger partial charge in [-0.2, -0.15) is 0 Å². The van der Waals surface area contributed by atoms with E-state index in [4.69, 9.17) is 9.47 Å². The van der Waals surface area contributed by atoms with Crippen LogP contribution in [0.1, 0.15) is 60.8 Å². The van der Waals surface area contributed by atoms with Crippen LogP contribution in [0.4, 0.5) is 0 Å². The average molecular weight is 683 g/mol. The normalized spacial score (nSPS) is 20.5. The van der Waals surface area contributed by atoms with Gasteiger partial charge in [-0.15, -0.1) is 0 Å². The van der Waals surface area contributed by atoms with Gasteiger partial charge in [0.1, 0.15) is 17.8 Å². The van der Waals surface area contributed by atoms with Crippen LogP contribution in [-0.2, 0) is 43.3 Å². The van der Waals surface area contributed by atoms with Crippen LogP contribution in [-0.4, -0.2) is 73.5 Å². The molecule has 3 aromatic rings. The fourth-order valence-corrected chi connectivity index (χ4v) is 6.48. The number of aryl methyl sites for hydroxylation is 2. The molecule has 5 rings (SSSR count). The van der Waals surface area contributed by atoms with Crippen LogP contribution in [0.3, 0.4) is 0 Å². The molecule has 1 saturated heterocycles. The minimum absolute atomic E-state index is 0.0366.